The smallest absolute Gasteiger partial charge is 0.228 e. The van der Waals surface area contributed by atoms with Crippen molar-refractivity contribution < 1.29 is 9.50 Å². The quantitative estimate of drug-likeness (QED) is 0.378. The number of hydrogen-bond acceptors (Lipinski definition) is 7. The Labute approximate surface area is 232 Å². The normalized spacial score (nSPS) is 19.2. The summed E-state index contributed by atoms with van der Waals surface area (Å²) in [6, 6.07) is 13.1. The van der Waals surface area contributed by atoms with Crippen LogP contribution in [0.3, 0.4) is 0 Å². The Morgan fingerprint density at radius 3 is 2.46 bits per heavy atom. The van der Waals surface area contributed by atoms with E-state index < -0.39 is 5.82 Å². The van der Waals surface area contributed by atoms with Gasteiger partial charge in [0.25, 0.3) is 0 Å². The van der Waals surface area contributed by atoms with Crippen molar-refractivity contribution in [2.45, 2.75) is 18.9 Å². The third kappa shape index (κ3) is 4.08. The second-order valence-electron chi connectivity index (χ2n) is 11.6. The molecule has 9 heteroatoms. The summed E-state index contributed by atoms with van der Waals surface area (Å²) in [7, 11) is 4.14. The van der Waals surface area contributed by atoms with Crippen LogP contribution >= 0.6 is 11.6 Å². The highest BCUT2D eigenvalue weighted by molar-refractivity contribution is 6.35. The van der Waals surface area contributed by atoms with Crippen LogP contribution in [0.4, 0.5) is 16.2 Å². The number of halogens is 2. The summed E-state index contributed by atoms with van der Waals surface area (Å²) >= 11 is 6.86. The van der Waals surface area contributed by atoms with Crippen molar-refractivity contribution in [1.29, 1.82) is 0 Å². The summed E-state index contributed by atoms with van der Waals surface area (Å²) in [5, 5.41) is 16.4. The van der Waals surface area contributed by atoms with E-state index in [1.54, 1.807) is 18.2 Å². The Morgan fingerprint density at radius 2 is 1.77 bits per heavy atom. The molecule has 0 radical (unpaired) electrons. The highest BCUT2D eigenvalue weighted by Gasteiger charge is 2.40. The predicted molar refractivity (Wildman–Crippen MR) is 156 cm³/mol. The number of fused-ring (bicyclic) bond motifs is 2. The molecule has 3 aliphatic heterocycles. The molecule has 3 saturated heterocycles. The summed E-state index contributed by atoms with van der Waals surface area (Å²) < 4.78 is 16.7. The summed E-state index contributed by atoms with van der Waals surface area (Å²) in [4.78, 5) is 16.4. The lowest BCUT2D eigenvalue weighted by atomic mass is 9.73. The Kier molecular flexibility index (Phi) is 5.84. The van der Waals surface area contributed by atoms with Crippen molar-refractivity contribution in [3.63, 3.8) is 0 Å². The molecule has 3 fully saturated rings. The zero-order valence-corrected chi connectivity index (χ0v) is 23.0. The van der Waals surface area contributed by atoms with Gasteiger partial charge in [0, 0.05) is 56.3 Å². The third-order valence-electron chi connectivity index (χ3n) is 8.97. The maximum absolute atomic E-state index is 16.7. The molecule has 3 aliphatic rings. The van der Waals surface area contributed by atoms with Gasteiger partial charge in [-0.3, -0.25) is 0 Å². The van der Waals surface area contributed by atoms with Gasteiger partial charge in [0.05, 0.1) is 5.02 Å². The second kappa shape index (κ2) is 9.18. The molecule has 0 bridgehead atoms. The average Bonchev–Trinajstić information content (AvgIpc) is 2.86. The molecule has 0 amide bonds. The topological polar surface area (TPSA) is 67.8 Å². The molecule has 0 saturated carbocycles. The molecular weight excluding hydrogens is 515 g/mol. The van der Waals surface area contributed by atoms with Gasteiger partial charge in [-0.05, 0) is 66.9 Å². The monoisotopic (exact) mass is 546 g/mol. The number of phenolic OH excluding ortho intramolecular Hbond substituents is 1. The standard InChI is InChI=1S/C30H32ClFN6O/c1-36(2)19-14-38(15-19)29-34-27-23(28(35-29)37-9-7-30(8-10-37)16-33-17-30)13-24(31)25(26(27)32)22-12-20(39)11-18-5-3-4-6-21(18)22/h3-6,11-13,19,33,39H,7-10,14-17H2,1-2H3. The number of piperidine rings is 1. The van der Waals surface area contributed by atoms with E-state index in [0.717, 1.165) is 68.7 Å². The number of aromatic nitrogens is 2. The molecule has 4 aromatic rings. The molecular formula is C30H32ClFN6O. The fourth-order valence-corrected chi connectivity index (χ4v) is 6.56. The summed E-state index contributed by atoms with van der Waals surface area (Å²) in [5.74, 6) is 0.874. The van der Waals surface area contributed by atoms with Gasteiger partial charge in [-0.1, -0.05) is 35.9 Å². The van der Waals surface area contributed by atoms with Crippen molar-refractivity contribution in [1.82, 2.24) is 20.2 Å². The Morgan fingerprint density at radius 1 is 1.03 bits per heavy atom. The number of likely N-dealkylation sites (N-methyl/N-ethyl adjacent to an activating group) is 1. The van der Waals surface area contributed by atoms with Gasteiger partial charge in [0.15, 0.2) is 5.82 Å². The number of anilines is 2. The Hall–Kier alpha value is -3.20. The first kappa shape index (κ1) is 24.8. The zero-order valence-electron chi connectivity index (χ0n) is 22.2. The molecule has 39 heavy (non-hydrogen) atoms. The third-order valence-corrected chi connectivity index (χ3v) is 9.26. The fraction of sp³-hybridized carbons (Fsp3) is 0.400. The first-order valence-corrected chi connectivity index (χ1v) is 14.0. The molecule has 1 spiro atoms. The molecule has 202 valence electrons. The van der Waals surface area contributed by atoms with Gasteiger partial charge in [-0.2, -0.15) is 4.98 Å². The van der Waals surface area contributed by atoms with Gasteiger partial charge < -0.3 is 25.1 Å². The summed E-state index contributed by atoms with van der Waals surface area (Å²) in [5.41, 5.74) is 1.44. The number of nitrogens with one attached hydrogen (secondary N) is 1. The van der Waals surface area contributed by atoms with E-state index in [1.165, 1.54) is 0 Å². The number of phenols is 1. The summed E-state index contributed by atoms with van der Waals surface area (Å²) in [6.07, 6.45) is 2.16. The first-order valence-electron chi connectivity index (χ1n) is 13.6. The van der Waals surface area contributed by atoms with Gasteiger partial charge in [0.1, 0.15) is 17.1 Å². The highest BCUT2D eigenvalue weighted by atomic mass is 35.5. The van der Waals surface area contributed by atoms with Gasteiger partial charge in [-0.15, -0.1) is 0 Å². The molecule has 4 heterocycles. The largest absolute Gasteiger partial charge is 0.508 e. The lowest BCUT2D eigenvalue weighted by Crippen LogP contribution is -2.58. The number of aromatic hydroxyl groups is 1. The van der Waals surface area contributed by atoms with Crippen molar-refractivity contribution in [2.75, 3.05) is 63.2 Å². The van der Waals surface area contributed by atoms with Gasteiger partial charge >= 0.3 is 0 Å². The van der Waals surface area contributed by atoms with Crippen LogP contribution in [0.5, 0.6) is 5.75 Å². The van der Waals surface area contributed by atoms with Gasteiger partial charge in [-0.25, -0.2) is 9.37 Å². The van der Waals surface area contributed by atoms with Crippen LogP contribution in [-0.2, 0) is 0 Å². The number of hydrogen-bond donors (Lipinski definition) is 2. The highest BCUT2D eigenvalue weighted by Crippen LogP contribution is 2.44. The van der Waals surface area contributed by atoms with E-state index in [4.69, 9.17) is 21.6 Å². The maximum Gasteiger partial charge on any atom is 0.228 e. The van der Waals surface area contributed by atoms with Crippen molar-refractivity contribution in [2.24, 2.45) is 5.41 Å². The molecule has 7 nitrogen and oxygen atoms in total. The second-order valence-corrected chi connectivity index (χ2v) is 12.0. The Balaban J connectivity index is 1.39. The van der Waals surface area contributed by atoms with Gasteiger partial charge in [0.2, 0.25) is 5.95 Å². The lowest BCUT2D eigenvalue weighted by molar-refractivity contribution is 0.126. The van der Waals surface area contributed by atoms with E-state index in [2.05, 4.69) is 34.1 Å². The van der Waals surface area contributed by atoms with Crippen molar-refractivity contribution in [3.05, 3.63) is 53.3 Å². The average molecular weight is 547 g/mol. The molecule has 2 N–H and O–H groups in total. The lowest BCUT2D eigenvalue weighted by Gasteiger charge is -2.49. The minimum Gasteiger partial charge on any atom is -0.508 e. The number of benzene rings is 3. The van der Waals surface area contributed by atoms with E-state index in [1.807, 2.05) is 24.3 Å². The first-order chi connectivity index (χ1) is 18.8. The molecule has 7 rings (SSSR count). The zero-order chi connectivity index (χ0) is 26.9. The summed E-state index contributed by atoms with van der Waals surface area (Å²) in [6.45, 7) is 5.46. The van der Waals surface area contributed by atoms with Crippen LogP contribution in [0.15, 0.2) is 42.5 Å². The van der Waals surface area contributed by atoms with Crippen LogP contribution < -0.4 is 15.1 Å². The van der Waals surface area contributed by atoms with Crippen LogP contribution in [0.1, 0.15) is 12.8 Å². The van der Waals surface area contributed by atoms with Crippen molar-refractivity contribution in [3.8, 4) is 16.9 Å². The van der Waals surface area contributed by atoms with Crippen LogP contribution in [0.2, 0.25) is 5.02 Å². The number of rotatable bonds is 4. The van der Waals surface area contributed by atoms with Crippen LogP contribution in [0.25, 0.3) is 32.8 Å². The minimum absolute atomic E-state index is 0.0614. The van der Waals surface area contributed by atoms with E-state index in [9.17, 15) is 5.11 Å². The molecule has 0 atom stereocenters. The fourth-order valence-electron chi connectivity index (χ4n) is 6.27. The predicted octanol–water partition coefficient (Wildman–Crippen LogP) is 4.89. The molecule has 1 aromatic heterocycles. The molecule has 0 unspecified atom stereocenters. The Bertz CT molecular complexity index is 1590. The SMILES string of the molecule is CN(C)C1CN(c2nc(N3CCC4(CC3)CNC4)c3cc(Cl)c(-c4cc(O)cc5ccccc45)c(F)c3n2)C1. The van der Waals surface area contributed by atoms with E-state index in [-0.39, 0.29) is 21.9 Å². The van der Waals surface area contributed by atoms with Crippen molar-refractivity contribution >= 4 is 45.0 Å². The molecule has 3 aromatic carbocycles. The van der Waals surface area contributed by atoms with Crippen LogP contribution in [-0.4, -0.2) is 79.4 Å². The van der Waals surface area contributed by atoms with E-state index >= 15 is 4.39 Å². The number of nitrogens with zero attached hydrogens (tertiary/aromatic N) is 5. The van der Waals surface area contributed by atoms with E-state index in [0.29, 0.717) is 28.4 Å². The minimum atomic E-state index is -0.487. The maximum atomic E-state index is 16.7. The van der Waals surface area contributed by atoms with Crippen LogP contribution in [0, 0.1) is 11.2 Å². The molecule has 0 aliphatic carbocycles.